The molecule has 3 rings (SSSR count). The summed E-state index contributed by atoms with van der Waals surface area (Å²) < 4.78 is 0. The van der Waals surface area contributed by atoms with Gasteiger partial charge in [0, 0.05) is 23.0 Å². The number of benzene rings is 1. The van der Waals surface area contributed by atoms with Gasteiger partial charge in [0.1, 0.15) is 0 Å². The number of nitrogens with two attached hydrogens (primary N) is 1. The lowest BCUT2D eigenvalue weighted by Crippen LogP contribution is -2.29. The van der Waals surface area contributed by atoms with Crippen LogP contribution in [0.5, 0.6) is 0 Å². The third kappa shape index (κ3) is 3.84. The van der Waals surface area contributed by atoms with E-state index in [0.717, 1.165) is 36.5 Å². The highest BCUT2D eigenvalue weighted by molar-refractivity contribution is 6.30. The second-order valence-corrected chi connectivity index (χ2v) is 5.52. The van der Waals surface area contributed by atoms with Crippen molar-refractivity contribution >= 4 is 30.0 Å². The van der Waals surface area contributed by atoms with E-state index in [2.05, 4.69) is 15.3 Å². The van der Waals surface area contributed by atoms with Gasteiger partial charge in [0.25, 0.3) is 0 Å². The van der Waals surface area contributed by atoms with Crippen LogP contribution in [0.25, 0.3) is 11.3 Å². The zero-order chi connectivity index (χ0) is 13.9. The molecule has 0 radical (unpaired) electrons. The number of piperidine rings is 1. The molecule has 1 aliphatic heterocycles. The largest absolute Gasteiger partial charge is 0.368 e. The molecule has 1 aromatic carbocycles. The lowest BCUT2D eigenvalue weighted by molar-refractivity contribution is 0.454. The third-order valence-electron chi connectivity index (χ3n) is 3.62. The number of nitrogens with one attached hydrogen (secondary N) is 1. The number of halogens is 2. The number of aromatic nitrogens is 2. The molecule has 4 nitrogen and oxygen atoms in total. The summed E-state index contributed by atoms with van der Waals surface area (Å²) in [6.07, 6.45) is 2.31. The Balaban J connectivity index is 0.00000161. The molecule has 1 saturated heterocycles. The molecule has 2 heterocycles. The van der Waals surface area contributed by atoms with Crippen LogP contribution in [0.3, 0.4) is 0 Å². The highest BCUT2D eigenvalue weighted by Crippen LogP contribution is 2.26. The molecule has 0 aliphatic carbocycles. The maximum absolute atomic E-state index is 5.92. The van der Waals surface area contributed by atoms with Crippen molar-refractivity contribution in [1.29, 1.82) is 0 Å². The van der Waals surface area contributed by atoms with Gasteiger partial charge in [-0.15, -0.1) is 12.4 Å². The van der Waals surface area contributed by atoms with Crippen LogP contribution < -0.4 is 11.1 Å². The highest BCUT2D eigenvalue weighted by atomic mass is 35.5. The smallest absolute Gasteiger partial charge is 0.220 e. The molecule has 3 N–H and O–H groups in total. The molecule has 1 atom stereocenters. The summed E-state index contributed by atoms with van der Waals surface area (Å²) in [5.74, 6) is 0.748. The minimum atomic E-state index is 0. The quantitative estimate of drug-likeness (QED) is 0.889. The summed E-state index contributed by atoms with van der Waals surface area (Å²) >= 11 is 5.92. The lowest BCUT2D eigenvalue weighted by atomic mass is 9.95. The normalized spacial score (nSPS) is 18.0. The van der Waals surface area contributed by atoms with Crippen LogP contribution in [-0.2, 0) is 0 Å². The molecule has 21 heavy (non-hydrogen) atoms. The molecule has 1 aromatic heterocycles. The number of hydrogen-bond donors (Lipinski definition) is 2. The second-order valence-electron chi connectivity index (χ2n) is 5.09. The summed E-state index contributed by atoms with van der Waals surface area (Å²) in [5.41, 5.74) is 8.75. The Labute approximate surface area is 135 Å². The summed E-state index contributed by atoms with van der Waals surface area (Å²) in [4.78, 5) is 8.73. The van der Waals surface area contributed by atoms with Crippen LogP contribution in [0.1, 0.15) is 24.5 Å². The maximum atomic E-state index is 5.92. The van der Waals surface area contributed by atoms with E-state index < -0.39 is 0 Å². The number of nitrogen functional groups attached to an aromatic ring is 1. The number of anilines is 1. The Kier molecular flexibility index (Phi) is 5.39. The van der Waals surface area contributed by atoms with E-state index in [1.807, 2.05) is 30.3 Å². The summed E-state index contributed by atoms with van der Waals surface area (Å²) in [7, 11) is 0. The molecule has 1 aliphatic rings. The van der Waals surface area contributed by atoms with E-state index in [1.54, 1.807) is 0 Å². The van der Waals surface area contributed by atoms with Crippen molar-refractivity contribution in [3.63, 3.8) is 0 Å². The first kappa shape index (κ1) is 16.0. The average molecular weight is 325 g/mol. The van der Waals surface area contributed by atoms with Crippen LogP contribution in [0.4, 0.5) is 5.95 Å². The molecule has 0 spiro atoms. The van der Waals surface area contributed by atoms with E-state index in [1.165, 1.54) is 6.42 Å². The topological polar surface area (TPSA) is 63.8 Å². The van der Waals surface area contributed by atoms with Crippen molar-refractivity contribution < 1.29 is 0 Å². The molecule has 0 saturated carbocycles. The van der Waals surface area contributed by atoms with Crippen molar-refractivity contribution in [2.24, 2.45) is 0 Å². The van der Waals surface area contributed by atoms with Gasteiger partial charge in [0.05, 0.1) is 11.4 Å². The first-order valence-electron chi connectivity index (χ1n) is 6.83. The molecular formula is C15H18Cl2N4. The van der Waals surface area contributed by atoms with Crippen LogP contribution in [0.15, 0.2) is 30.3 Å². The number of nitrogens with zero attached hydrogens (tertiary/aromatic N) is 2. The fourth-order valence-electron chi connectivity index (χ4n) is 2.57. The molecule has 0 amide bonds. The maximum Gasteiger partial charge on any atom is 0.220 e. The van der Waals surface area contributed by atoms with E-state index in [4.69, 9.17) is 17.3 Å². The third-order valence-corrected chi connectivity index (χ3v) is 3.87. The zero-order valence-electron chi connectivity index (χ0n) is 11.6. The van der Waals surface area contributed by atoms with Gasteiger partial charge < -0.3 is 11.1 Å². The summed E-state index contributed by atoms with van der Waals surface area (Å²) in [5, 5.41) is 4.12. The molecule has 1 unspecified atom stereocenters. The van der Waals surface area contributed by atoms with Gasteiger partial charge in [-0.05, 0) is 37.6 Å². The average Bonchev–Trinajstić information content (AvgIpc) is 2.48. The van der Waals surface area contributed by atoms with Crippen molar-refractivity contribution in [3.8, 4) is 11.3 Å². The van der Waals surface area contributed by atoms with Crippen LogP contribution >= 0.6 is 24.0 Å². The Morgan fingerprint density at radius 3 is 2.62 bits per heavy atom. The van der Waals surface area contributed by atoms with E-state index in [0.29, 0.717) is 16.9 Å². The van der Waals surface area contributed by atoms with E-state index in [9.17, 15) is 0 Å². The standard InChI is InChI=1S/C15H17ClN4.ClH/c16-12-5-3-10(4-6-12)13-8-14(20-15(17)19-13)11-2-1-7-18-9-11;/h3-6,8,11,18H,1-2,7,9H2,(H2,17,19,20);1H. The Morgan fingerprint density at radius 2 is 1.95 bits per heavy atom. The van der Waals surface area contributed by atoms with Crippen molar-refractivity contribution in [2.75, 3.05) is 18.8 Å². The Morgan fingerprint density at radius 1 is 1.19 bits per heavy atom. The fraction of sp³-hybridized carbons (Fsp3) is 0.333. The van der Waals surface area contributed by atoms with Crippen molar-refractivity contribution in [1.82, 2.24) is 15.3 Å². The van der Waals surface area contributed by atoms with Gasteiger partial charge in [-0.2, -0.15) is 0 Å². The molecule has 2 aromatic rings. The molecule has 0 bridgehead atoms. The van der Waals surface area contributed by atoms with Crippen molar-refractivity contribution in [3.05, 3.63) is 41.0 Å². The zero-order valence-corrected chi connectivity index (χ0v) is 13.1. The van der Waals surface area contributed by atoms with Crippen LogP contribution in [-0.4, -0.2) is 23.1 Å². The minimum absolute atomic E-state index is 0. The molecule has 112 valence electrons. The van der Waals surface area contributed by atoms with E-state index >= 15 is 0 Å². The Hall–Kier alpha value is -1.36. The Bertz CT molecular complexity index is 595. The van der Waals surface area contributed by atoms with Crippen LogP contribution in [0, 0.1) is 0 Å². The molecule has 6 heteroatoms. The van der Waals surface area contributed by atoms with Gasteiger partial charge in [-0.25, -0.2) is 9.97 Å². The predicted molar refractivity (Wildman–Crippen MR) is 89.0 cm³/mol. The first-order valence-corrected chi connectivity index (χ1v) is 7.21. The van der Waals surface area contributed by atoms with Crippen LogP contribution in [0.2, 0.25) is 5.02 Å². The number of rotatable bonds is 2. The van der Waals surface area contributed by atoms with Gasteiger partial charge in [0.2, 0.25) is 5.95 Å². The van der Waals surface area contributed by atoms with Gasteiger partial charge in [-0.3, -0.25) is 0 Å². The minimum Gasteiger partial charge on any atom is -0.368 e. The molecule has 1 fully saturated rings. The molecular weight excluding hydrogens is 307 g/mol. The lowest BCUT2D eigenvalue weighted by Gasteiger charge is -2.22. The SMILES string of the molecule is Cl.Nc1nc(-c2ccc(Cl)cc2)cc(C2CCCNC2)n1. The highest BCUT2D eigenvalue weighted by Gasteiger charge is 2.18. The van der Waals surface area contributed by atoms with Gasteiger partial charge >= 0.3 is 0 Å². The van der Waals surface area contributed by atoms with E-state index in [-0.39, 0.29) is 12.4 Å². The monoisotopic (exact) mass is 324 g/mol. The first-order chi connectivity index (χ1) is 9.72. The van der Waals surface area contributed by atoms with Crippen molar-refractivity contribution in [2.45, 2.75) is 18.8 Å². The predicted octanol–water partition coefficient (Wildman–Crippen LogP) is 3.27. The fourth-order valence-corrected chi connectivity index (χ4v) is 2.69. The van der Waals surface area contributed by atoms with Gasteiger partial charge in [-0.1, -0.05) is 23.7 Å². The number of hydrogen-bond acceptors (Lipinski definition) is 4. The van der Waals surface area contributed by atoms with Gasteiger partial charge in [0.15, 0.2) is 0 Å². The summed E-state index contributed by atoms with van der Waals surface area (Å²) in [6, 6.07) is 9.66. The second kappa shape index (κ2) is 7.07. The summed E-state index contributed by atoms with van der Waals surface area (Å²) in [6.45, 7) is 2.04.